The Morgan fingerprint density at radius 1 is 1.50 bits per heavy atom. The molecular formula is C11H14N2O. The number of aryl methyl sites for hydroxylation is 1. The summed E-state index contributed by atoms with van der Waals surface area (Å²) in [6, 6.07) is 1.93. The van der Waals surface area contributed by atoms with Gasteiger partial charge in [-0.2, -0.15) is 0 Å². The Morgan fingerprint density at radius 2 is 2.21 bits per heavy atom. The van der Waals surface area contributed by atoms with Gasteiger partial charge in [-0.3, -0.25) is 9.78 Å². The number of pyridine rings is 1. The molecule has 0 aliphatic carbocycles. The second-order valence-electron chi connectivity index (χ2n) is 3.27. The molecule has 0 spiro atoms. The van der Waals surface area contributed by atoms with E-state index in [1.165, 1.54) is 0 Å². The quantitative estimate of drug-likeness (QED) is 0.535. The van der Waals surface area contributed by atoms with Crippen molar-refractivity contribution in [3.8, 4) is 0 Å². The molecule has 14 heavy (non-hydrogen) atoms. The molecule has 0 aliphatic heterocycles. The molecule has 1 heterocycles. The molecule has 0 amide bonds. The maximum absolute atomic E-state index is 10.5. The molecule has 0 unspecified atom stereocenters. The van der Waals surface area contributed by atoms with Gasteiger partial charge in [-0.15, -0.1) is 0 Å². The standard InChI is InChI=1S/C11H14N2O/c1-9-4-6-12-8-10(9)11(5-7-14)13(2)3/h4-8H,1-3H3. The highest BCUT2D eigenvalue weighted by Gasteiger charge is 2.06. The SMILES string of the molecule is Cc1ccncc1C(=CC=O)N(C)C. The molecular weight excluding hydrogens is 176 g/mol. The molecule has 0 N–H and O–H groups in total. The Labute approximate surface area is 84.1 Å². The number of allylic oxidation sites excluding steroid dienone is 1. The normalized spacial score (nSPS) is 11.2. The zero-order valence-corrected chi connectivity index (χ0v) is 8.69. The zero-order valence-electron chi connectivity index (χ0n) is 8.69. The first-order chi connectivity index (χ1) is 6.66. The summed E-state index contributed by atoms with van der Waals surface area (Å²) in [5.41, 5.74) is 2.98. The van der Waals surface area contributed by atoms with Crippen LogP contribution in [0.4, 0.5) is 0 Å². The highest BCUT2D eigenvalue weighted by atomic mass is 16.1. The van der Waals surface area contributed by atoms with E-state index in [-0.39, 0.29) is 0 Å². The van der Waals surface area contributed by atoms with Gasteiger partial charge in [0.1, 0.15) is 6.29 Å². The van der Waals surface area contributed by atoms with Crippen molar-refractivity contribution in [2.75, 3.05) is 14.1 Å². The van der Waals surface area contributed by atoms with Gasteiger partial charge in [0, 0.05) is 43.8 Å². The second kappa shape index (κ2) is 4.56. The van der Waals surface area contributed by atoms with Gasteiger partial charge in [-0.25, -0.2) is 0 Å². The number of rotatable bonds is 3. The van der Waals surface area contributed by atoms with Crippen LogP contribution in [0.5, 0.6) is 0 Å². The van der Waals surface area contributed by atoms with Gasteiger partial charge >= 0.3 is 0 Å². The third-order valence-electron chi connectivity index (χ3n) is 2.02. The van der Waals surface area contributed by atoms with Crippen LogP contribution in [0.15, 0.2) is 24.5 Å². The fourth-order valence-electron chi connectivity index (χ4n) is 1.28. The lowest BCUT2D eigenvalue weighted by Crippen LogP contribution is -2.11. The Bertz CT molecular complexity index is 356. The zero-order chi connectivity index (χ0) is 10.6. The summed E-state index contributed by atoms with van der Waals surface area (Å²) in [5.74, 6) is 0. The van der Waals surface area contributed by atoms with Crippen LogP contribution in [-0.4, -0.2) is 30.3 Å². The predicted molar refractivity (Wildman–Crippen MR) is 56.7 cm³/mol. The minimum Gasteiger partial charge on any atom is -0.377 e. The summed E-state index contributed by atoms with van der Waals surface area (Å²) in [5, 5.41) is 0. The molecule has 1 aromatic rings. The molecule has 3 nitrogen and oxygen atoms in total. The van der Waals surface area contributed by atoms with E-state index in [2.05, 4.69) is 4.98 Å². The van der Waals surface area contributed by atoms with E-state index in [9.17, 15) is 4.79 Å². The first kappa shape index (κ1) is 10.4. The van der Waals surface area contributed by atoms with Crippen molar-refractivity contribution in [1.82, 2.24) is 9.88 Å². The molecule has 1 aromatic heterocycles. The second-order valence-corrected chi connectivity index (χ2v) is 3.27. The topological polar surface area (TPSA) is 33.2 Å². The van der Waals surface area contributed by atoms with Crippen LogP contribution < -0.4 is 0 Å². The van der Waals surface area contributed by atoms with Crippen LogP contribution in [0, 0.1) is 6.92 Å². The first-order valence-corrected chi connectivity index (χ1v) is 4.40. The van der Waals surface area contributed by atoms with Crippen molar-refractivity contribution in [3.05, 3.63) is 35.7 Å². The molecule has 0 atom stereocenters. The Hall–Kier alpha value is -1.64. The van der Waals surface area contributed by atoms with Crippen molar-refractivity contribution in [1.29, 1.82) is 0 Å². The first-order valence-electron chi connectivity index (χ1n) is 4.40. The number of nitrogens with zero attached hydrogens (tertiary/aromatic N) is 2. The van der Waals surface area contributed by atoms with Gasteiger partial charge in [-0.05, 0) is 18.6 Å². The van der Waals surface area contributed by atoms with Crippen LogP contribution in [0.1, 0.15) is 11.1 Å². The molecule has 0 aromatic carbocycles. The highest BCUT2D eigenvalue weighted by molar-refractivity contribution is 5.81. The van der Waals surface area contributed by atoms with Crippen LogP contribution in [0.2, 0.25) is 0 Å². The van der Waals surface area contributed by atoms with Gasteiger partial charge in [0.25, 0.3) is 0 Å². The summed E-state index contributed by atoms with van der Waals surface area (Å²) >= 11 is 0. The van der Waals surface area contributed by atoms with Gasteiger partial charge in [0.15, 0.2) is 0 Å². The number of hydrogen-bond acceptors (Lipinski definition) is 3. The lowest BCUT2D eigenvalue weighted by atomic mass is 10.1. The van der Waals surface area contributed by atoms with Crippen molar-refractivity contribution in [3.63, 3.8) is 0 Å². The van der Waals surface area contributed by atoms with Gasteiger partial charge in [0.05, 0.1) is 0 Å². The lowest BCUT2D eigenvalue weighted by Gasteiger charge is -2.17. The molecule has 0 saturated carbocycles. The van der Waals surface area contributed by atoms with E-state index in [0.717, 1.165) is 23.1 Å². The smallest absolute Gasteiger partial charge is 0.144 e. The Balaban J connectivity index is 3.19. The number of carbonyl (C=O) groups excluding carboxylic acids is 1. The summed E-state index contributed by atoms with van der Waals surface area (Å²) in [4.78, 5) is 16.4. The van der Waals surface area contributed by atoms with Crippen molar-refractivity contribution >= 4 is 12.0 Å². The minimum absolute atomic E-state index is 0.793. The molecule has 0 aliphatic rings. The van der Waals surface area contributed by atoms with E-state index < -0.39 is 0 Å². The summed E-state index contributed by atoms with van der Waals surface area (Å²) < 4.78 is 0. The minimum atomic E-state index is 0.793. The van der Waals surface area contributed by atoms with Crippen LogP contribution in [0.3, 0.4) is 0 Å². The van der Waals surface area contributed by atoms with Gasteiger partial charge < -0.3 is 4.90 Å². The molecule has 0 saturated heterocycles. The highest BCUT2D eigenvalue weighted by Crippen LogP contribution is 2.18. The summed E-state index contributed by atoms with van der Waals surface area (Å²) in [6.45, 7) is 2.00. The fourth-order valence-corrected chi connectivity index (χ4v) is 1.28. The van der Waals surface area contributed by atoms with Gasteiger partial charge in [0.2, 0.25) is 0 Å². The average Bonchev–Trinajstić information content (AvgIpc) is 2.15. The monoisotopic (exact) mass is 190 g/mol. The number of aldehydes is 1. The van der Waals surface area contributed by atoms with Crippen LogP contribution in [0.25, 0.3) is 5.70 Å². The molecule has 0 fully saturated rings. The van der Waals surface area contributed by atoms with Crippen molar-refractivity contribution < 1.29 is 4.79 Å². The van der Waals surface area contributed by atoms with Crippen LogP contribution >= 0.6 is 0 Å². The largest absolute Gasteiger partial charge is 0.377 e. The van der Waals surface area contributed by atoms with Gasteiger partial charge in [-0.1, -0.05) is 0 Å². The van der Waals surface area contributed by atoms with E-state index in [4.69, 9.17) is 0 Å². The van der Waals surface area contributed by atoms with E-state index >= 15 is 0 Å². The third-order valence-corrected chi connectivity index (χ3v) is 2.02. The molecule has 0 radical (unpaired) electrons. The fraction of sp³-hybridized carbons (Fsp3) is 0.273. The summed E-state index contributed by atoms with van der Waals surface area (Å²) in [6.07, 6.45) is 5.85. The molecule has 3 heteroatoms. The molecule has 74 valence electrons. The Kier molecular flexibility index (Phi) is 3.40. The number of hydrogen-bond donors (Lipinski definition) is 0. The van der Waals surface area contributed by atoms with E-state index in [1.54, 1.807) is 18.5 Å². The molecule has 0 bridgehead atoms. The maximum atomic E-state index is 10.5. The summed E-state index contributed by atoms with van der Waals surface area (Å²) in [7, 11) is 3.81. The van der Waals surface area contributed by atoms with Crippen molar-refractivity contribution in [2.45, 2.75) is 6.92 Å². The maximum Gasteiger partial charge on any atom is 0.144 e. The average molecular weight is 190 g/mol. The number of carbonyl (C=O) groups is 1. The third kappa shape index (κ3) is 2.19. The van der Waals surface area contributed by atoms with Crippen LogP contribution in [-0.2, 0) is 4.79 Å². The Morgan fingerprint density at radius 3 is 2.71 bits per heavy atom. The number of aromatic nitrogens is 1. The van der Waals surface area contributed by atoms with E-state index in [1.807, 2.05) is 32.0 Å². The van der Waals surface area contributed by atoms with E-state index in [0.29, 0.717) is 0 Å². The van der Waals surface area contributed by atoms with Crippen molar-refractivity contribution in [2.24, 2.45) is 0 Å². The lowest BCUT2D eigenvalue weighted by molar-refractivity contribution is -0.104. The molecule has 1 rings (SSSR count). The predicted octanol–water partition coefficient (Wildman–Crippen LogP) is 1.49.